The Morgan fingerprint density at radius 1 is 1.39 bits per heavy atom. The molecule has 2 heterocycles. The number of hydrogen-bond acceptors (Lipinski definition) is 4. The van der Waals surface area contributed by atoms with Crippen molar-refractivity contribution in [3.8, 4) is 0 Å². The molecule has 23 heavy (non-hydrogen) atoms. The normalized spacial score (nSPS) is 21.3. The molecule has 6 nitrogen and oxygen atoms in total. The number of benzene rings is 1. The summed E-state index contributed by atoms with van der Waals surface area (Å²) in [6, 6.07) is 5.15. The second-order valence-electron chi connectivity index (χ2n) is 6.11. The summed E-state index contributed by atoms with van der Waals surface area (Å²) in [5.41, 5.74) is 2.02. The zero-order valence-corrected chi connectivity index (χ0v) is 14.1. The lowest BCUT2D eigenvalue weighted by Gasteiger charge is -2.28. The third-order valence-electron chi connectivity index (χ3n) is 4.47. The molecule has 0 unspecified atom stereocenters. The molecular weight excluding hydrogens is 316 g/mol. The number of carbonyl (C=O) groups is 1. The average molecular weight is 338 g/mol. The molecule has 0 aromatic heterocycles. The number of nitrogens with zero attached hydrogens (tertiary/aromatic N) is 1. The first-order valence-electron chi connectivity index (χ1n) is 7.94. The Hall–Kier alpha value is -1.44. The Morgan fingerprint density at radius 3 is 2.91 bits per heavy atom. The number of amides is 1. The lowest BCUT2D eigenvalue weighted by atomic mass is 10.00. The van der Waals surface area contributed by atoms with Crippen molar-refractivity contribution in [2.24, 2.45) is 0 Å². The Morgan fingerprint density at radius 2 is 2.22 bits per heavy atom. The molecule has 3 rings (SSSR count). The summed E-state index contributed by atoms with van der Waals surface area (Å²) >= 11 is 0. The second-order valence-corrected chi connectivity index (χ2v) is 7.87. The molecule has 126 valence electrons. The third-order valence-corrected chi connectivity index (χ3v) is 5.89. The van der Waals surface area contributed by atoms with Crippen LogP contribution in [0.25, 0.3) is 0 Å². The van der Waals surface area contributed by atoms with Gasteiger partial charge in [0.2, 0.25) is 15.9 Å². The SMILES string of the molecule is CC(=O)N1CCc2cc(S(=O)(=O)NC[C@@H]3CCCO3)ccc2C1. The highest BCUT2D eigenvalue weighted by Crippen LogP contribution is 2.23. The Balaban J connectivity index is 1.72. The van der Waals surface area contributed by atoms with Crippen LogP contribution in [-0.4, -0.2) is 45.0 Å². The molecule has 7 heteroatoms. The van der Waals surface area contributed by atoms with Crippen molar-refractivity contribution in [3.05, 3.63) is 29.3 Å². The van der Waals surface area contributed by atoms with Crippen LogP contribution < -0.4 is 4.72 Å². The summed E-state index contributed by atoms with van der Waals surface area (Å²) in [5.74, 6) is 0.0468. The van der Waals surface area contributed by atoms with Gasteiger partial charge in [0.25, 0.3) is 0 Å². The van der Waals surface area contributed by atoms with Crippen LogP contribution in [0.15, 0.2) is 23.1 Å². The van der Waals surface area contributed by atoms with E-state index in [1.54, 1.807) is 24.0 Å². The van der Waals surface area contributed by atoms with Gasteiger partial charge < -0.3 is 9.64 Å². The van der Waals surface area contributed by atoms with Gasteiger partial charge in [0.05, 0.1) is 11.0 Å². The second kappa shape index (κ2) is 6.59. The molecular formula is C16H22N2O4S. The largest absolute Gasteiger partial charge is 0.377 e. The van der Waals surface area contributed by atoms with Crippen LogP contribution in [0.1, 0.15) is 30.9 Å². The highest BCUT2D eigenvalue weighted by Gasteiger charge is 2.23. The summed E-state index contributed by atoms with van der Waals surface area (Å²) in [6.45, 7) is 3.76. The molecule has 0 radical (unpaired) electrons. The van der Waals surface area contributed by atoms with Crippen molar-refractivity contribution in [2.75, 3.05) is 19.7 Å². The summed E-state index contributed by atoms with van der Waals surface area (Å²) in [6.07, 6.45) is 2.54. The quantitative estimate of drug-likeness (QED) is 0.890. The van der Waals surface area contributed by atoms with E-state index in [0.717, 1.165) is 24.0 Å². The fraction of sp³-hybridized carbons (Fsp3) is 0.562. The predicted octanol–water partition coefficient (Wildman–Crippen LogP) is 1.05. The van der Waals surface area contributed by atoms with Gasteiger partial charge >= 0.3 is 0 Å². The lowest BCUT2D eigenvalue weighted by molar-refractivity contribution is -0.129. The third kappa shape index (κ3) is 3.73. The number of ether oxygens (including phenoxy) is 1. The summed E-state index contributed by atoms with van der Waals surface area (Å²) in [4.78, 5) is 13.5. The molecule has 2 aliphatic rings. The predicted molar refractivity (Wildman–Crippen MR) is 85.4 cm³/mol. The van der Waals surface area contributed by atoms with Crippen molar-refractivity contribution < 1.29 is 17.9 Å². The maximum absolute atomic E-state index is 12.4. The minimum absolute atomic E-state index is 0.0217. The standard InChI is InChI=1S/C16H22N2O4S/c1-12(19)18-7-6-13-9-16(5-4-14(13)11-18)23(20,21)17-10-15-3-2-8-22-15/h4-5,9,15,17H,2-3,6-8,10-11H2,1H3/t15-/m0/s1. The molecule has 1 aromatic rings. The van der Waals surface area contributed by atoms with Crippen LogP contribution in [0.5, 0.6) is 0 Å². The first kappa shape index (κ1) is 16.4. The summed E-state index contributed by atoms with van der Waals surface area (Å²) < 4.78 is 32.9. The van der Waals surface area contributed by atoms with E-state index in [0.29, 0.717) is 32.7 Å². The van der Waals surface area contributed by atoms with E-state index in [9.17, 15) is 13.2 Å². The molecule has 1 aromatic carbocycles. The van der Waals surface area contributed by atoms with Crippen LogP contribution in [0.4, 0.5) is 0 Å². The first-order chi connectivity index (χ1) is 11.0. The highest BCUT2D eigenvalue weighted by molar-refractivity contribution is 7.89. The molecule has 1 fully saturated rings. The fourth-order valence-corrected chi connectivity index (χ4v) is 4.17. The molecule has 0 spiro atoms. The molecule has 0 aliphatic carbocycles. The maximum Gasteiger partial charge on any atom is 0.240 e. The molecule has 1 saturated heterocycles. The van der Waals surface area contributed by atoms with E-state index in [1.165, 1.54) is 0 Å². The molecule has 1 atom stereocenters. The number of rotatable bonds is 4. The van der Waals surface area contributed by atoms with Crippen LogP contribution in [-0.2, 0) is 32.5 Å². The van der Waals surface area contributed by atoms with Crippen molar-refractivity contribution in [1.82, 2.24) is 9.62 Å². The highest BCUT2D eigenvalue weighted by atomic mass is 32.2. The van der Waals surface area contributed by atoms with E-state index in [1.807, 2.05) is 6.07 Å². The summed E-state index contributed by atoms with van der Waals surface area (Å²) in [5, 5.41) is 0. The molecule has 0 saturated carbocycles. The first-order valence-corrected chi connectivity index (χ1v) is 9.42. The number of hydrogen-bond donors (Lipinski definition) is 1. The lowest BCUT2D eigenvalue weighted by Crippen LogP contribution is -2.35. The number of nitrogens with one attached hydrogen (secondary N) is 1. The van der Waals surface area contributed by atoms with Gasteiger partial charge in [-0.15, -0.1) is 0 Å². The topological polar surface area (TPSA) is 75.7 Å². The minimum atomic E-state index is -3.52. The van der Waals surface area contributed by atoms with Crippen LogP contribution in [0.3, 0.4) is 0 Å². The molecule has 0 bridgehead atoms. The van der Waals surface area contributed by atoms with Gasteiger partial charge in [-0.3, -0.25) is 4.79 Å². The van der Waals surface area contributed by atoms with E-state index in [4.69, 9.17) is 4.74 Å². The Bertz CT molecular complexity index is 696. The monoisotopic (exact) mass is 338 g/mol. The number of fused-ring (bicyclic) bond motifs is 1. The van der Waals surface area contributed by atoms with Gasteiger partial charge in [-0.1, -0.05) is 6.07 Å². The van der Waals surface area contributed by atoms with Crippen molar-refractivity contribution in [3.63, 3.8) is 0 Å². The van der Waals surface area contributed by atoms with E-state index < -0.39 is 10.0 Å². The average Bonchev–Trinajstić information content (AvgIpc) is 3.05. The Kier molecular flexibility index (Phi) is 4.70. The minimum Gasteiger partial charge on any atom is -0.377 e. The zero-order valence-electron chi connectivity index (χ0n) is 13.2. The van der Waals surface area contributed by atoms with E-state index in [-0.39, 0.29) is 16.9 Å². The fourth-order valence-electron chi connectivity index (χ4n) is 3.06. The molecule has 1 N–H and O–H groups in total. The van der Waals surface area contributed by atoms with E-state index >= 15 is 0 Å². The van der Waals surface area contributed by atoms with Crippen molar-refractivity contribution >= 4 is 15.9 Å². The van der Waals surface area contributed by atoms with Gasteiger partial charge in [-0.05, 0) is 42.5 Å². The van der Waals surface area contributed by atoms with Gasteiger partial charge in [0.1, 0.15) is 0 Å². The van der Waals surface area contributed by atoms with Gasteiger partial charge in [-0.25, -0.2) is 13.1 Å². The van der Waals surface area contributed by atoms with Crippen LogP contribution in [0, 0.1) is 0 Å². The van der Waals surface area contributed by atoms with Gasteiger partial charge in [0, 0.05) is 33.2 Å². The summed E-state index contributed by atoms with van der Waals surface area (Å²) in [7, 11) is -3.52. The molecule has 2 aliphatic heterocycles. The number of sulfonamides is 1. The van der Waals surface area contributed by atoms with Gasteiger partial charge in [-0.2, -0.15) is 0 Å². The van der Waals surface area contributed by atoms with Crippen LogP contribution >= 0.6 is 0 Å². The van der Waals surface area contributed by atoms with Gasteiger partial charge in [0.15, 0.2) is 0 Å². The smallest absolute Gasteiger partial charge is 0.240 e. The van der Waals surface area contributed by atoms with Crippen LogP contribution in [0.2, 0.25) is 0 Å². The number of carbonyl (C=O) groups excluding carboxylic acids is 1. The molecule has 1 amide bonds. The Labute approximate surface area is 136 Å². The maximum atomic E-state index is 12.4. The van der Waals surface area contributed by atoms with E-state index in [2.05, 4.69) is 4.72 Å². The zero-order chi connectivity index (χ0) is 16.4. The van der Waals surface area contributed by atoms with Crippen molar-refractivity contribution in [2.45, 2.75) is 43.7 Å². The van der Waals surface area contributed by atoms with Crippen molar-refractivity contribution in [1.29, 1.82) is 0 Å².